The highest BCUT2D eigenvalue weighted by Gasteiger charge is 2.49. The SMILES string of the molecule is C1=C2C3c4ccccc4C(c4ccccc43)C2c2cc3c(cc2C1)CCC1=C3C2c3ccccc3C1c1ccccc12. The Morgan fingerprint density at radius 2 is 0.952 bits per heavy atom. The van der Waals surface area contributed by atoms with E-state index in [1.54, 1.807) is 61.2 Å². The number of aryl methyl sites for hydroxylation is 1. The van der Waals surface area contributed by atoms with Crippen molar-refractivity contribution in [1.29, 1.82) is 0 Å². The number of fused-ring (bicyclic) bond motifs is 2. The molecule has 0 radical (unpaired) electrons. The van der Waals surface area contributed by atoms with Crippen molar-refractivity contribution in [3.8, 4) is 0 Å². The van der Waals surface area contributed by atoms with E-state index in [1.165, 1.54) is 28.7 Å². The second-order valence-electron chi connectivity index (χ2n) is 13.3. The molecular weight excluding hydrogens is 504 g/mol. The van der Waals surface area contributed by atoms with Crippen molar-refractivity contribution in [3.63, 3.8) is 0 Å². The Hall–Kier alpha value is -4.42. The summed E-state index contributed by atoms with van der Waals surface area (Å²) in [7, 11) is 0. The van der Waals surface area contributed by atoms with Gasteiger partial charge < -0.3 is 0 Å². The quantitative estimate of drug-likeness (QED) is 0.174. The van der Waals surface area contributed by atoms with Crippen LogP contribution in [0.3, 0.4) is 0 Å². The molecule has 5 aromatic carbocycles. The van der Waals surface area contributed by atoms with Gasteiger partial charge in [0.05, 0.1) is 0 Å². The number of benzene rings is 5. The molecule has 0 amide bonds. The minimum absolute atomic E-state index is 0.345. The molecule has 1 unspecified atom stereocenters. The lowest BCUT2D eigenvalue weighted by Crippen LogP contribution is -2.35. The Kier molecular flexibility index (Phi) is 4.07. The van der Waals surface area contributed by atoms with Gasteiger partial charge in [-0.05, 0) is 91.6 Å². The molecule has 4 bridgehead atoms. The second kappa shape index (κ2) is 7.69. The third-order valence-corrected chi connectivity index (χ3v) is 11.7. The maximum Gasteiger partial charge on any atom is 0.0352 e. The van der Waals surface area contributed by atoms with E-state index < -0.39 is 0 Å². The second-order valence-corrected chi connectivity index (χ2v) is 13.3. The first-order valence-electron chi connectivity index (χ1n) is 15.8. The van der Waals surface area contributed by atoms with Crippen LogP contribution >= 0.6 is 0 Å². The van der Waals surface area contributed by atoms with E-state index in [0.29, 0.717) is 29.6 Å². The van der Waals surface area contributed by atoms with Crippen LogP contribution in [0.15, 0.2) is 126 Å². The summed E-state index contributed by atoms with van der Waals surface area (Å²) in [6.45, 7) is 0. The minimum Gasteiger partial charge on any atom is -0.0793 e. The Morgan fingerprint density at radius 3 is 1.55 bits per heavy atom. The molecule has 5 aromatic rings. The number of hydrogen-bond donors (Lipinski definition) is 0. The zero-order valence-corrected chi connectivity index (χ0v) is 23.5. The highest BCUT2D eigenvalue weighted by Crippen LogP contribution is 2.65. The summed E-state index contributed by atoms with van der Waals surface area (Å²) < 4.78 is 0. The molecule has 0 heteroatoms. The van der Waals surface area contributed by atoms with E-state index in [4.69, 9.17) is 0 Å². The van der Waals surface area contributed by atoms with Crippen molar-refractivity contribution in [1.82, 2.24) is 0 Å². The molecule has 198 valence electrons. The average Bonchev–Trinajstić information content (AvgIpc) is 3.06. The molecule has 0 N–H and O–H groups in total. The van der Waals surface area contributed by atoms with E-state index in [2.05, 4.69) is 115 Å². The van der Waals surface area contributed by atoms with Gasteiger partial charge in [-0.1, -0.05) is 126 Å². The highest BCUT2D eigenvalue weighted by molar-refractivity contribution is 5.89. The van der Waals surface area contributed by atoms with Crippen molar-refractivity contribution in [3.05, 3.63) is 193 Å². The lowest BCUT2D eigenvalue weighted by Gasteiger charge is -2.50. The van der Waals surface area contributed by atoms with Gasteiger partial charge in [-0.15, -0.1) is 0 Å². The Bertz CT molecular complexity index is 2010. The predicted octanol–water partition coefficient (Wildman–Crippen LogP) is 9.53. The van der Waals surface area contributed by atoms with Crippen LogP contribution in [0.2, 0.25) is 0 Å². The summed E-state index contributed by atoms with van der Waals surface area (Å²) in [4.78, 5) is 0. The van der Waals surface area contributed by atoms with Crippen LogP contribution in [0.5, 0.6) is 0 Å². The molecule has 0 heterocycles. The molecular formula is C42H30. The normalized spacial score (nSPS) is 26.1. The molecule has 8 aliphatic rings. The summed E-state index contributed by atoms with van der Waals surface area (Å²) in [5, 5.41) is 0. The van der Waals surface area contributed by atoms with E-state index in [9.17, 15) is 0 Å². The van der Waals surface area contributed by atoms with Gasteiger partial charge in [0.25, 0.3) is 0 Å². The summed E-state index contributed by atoms with van der Waals surface area (Å²) in [5.41, 5.74) is 23.6. The molecule has 0 aromatic heterocycles. The highest BCUT2D eigenvalue weighted by atomic mass is 14.5. The first kappa shape index (κ1) is 22.2. The predicted molar refractivity (Wildman–Crippen MR) is 169 cm³/mol. The number of rotatable bonds is 0. The average molecular weight is 535 g/mol. The number of allylic oxidation sites excluding steroid dienone is 4. The Morgan fingerprint density at radius 1 is 0.429 bits per heavy atom. The van der Waals surface area contributed by atoms with Crippen LogP contribution < -0.4 is 0 Å². The first-order valence-corrected chi connectivity index (χ1v) is 15.8. The maximum absolute atomic E-state index is 2.70. The number of hydrogen-bond acceptors (Lipinski definition) is 0. The third kappa shape index (κ3) is 2.53. The molecule has 0 nitrogen and oxygen atoms in total. The minimum atomic E-state index is 0.345. The maximum atomic E-state index is 2.70. The van der Waals surface area contributed by atoms with Crippen LogP contribution in [-0.2, 0) is 12.8 Å². The molecule has 13 rings (SSSR count). The van der Waals surface area contributed by atoms with Gasteiger partial charge in [0, 0.05) is 29.6 Å². The Balaban J connectivity index is 1.15. The van der Waals surface area contributed by atoms with Gasteiger partial charge in [-0.2, -0.15) is 0 Å². The van der Waals surface area contributed by atoms with Crippen LogP contribution in [0.25, 0.3) is 5.57 Å². The van der Waals surface area contributed by atoms with Crippen molar-refractivity contribution >= 4 is 5.57 Å². The lowest BCUT2D eigenvalue weighted by molar-refractivity contribution is 0.547. The summed E-state index contributed by atoms with van der Waals surface area (Å²) in [5.74, 6) is 1.96. The van der Waals surface area contributed by atoms with Crippen molar-refractivity contribution in [2.24, 2.45) is 0 Å². The summed E-state index contributed by atoms with van der Waals surface area (Å²) >= 11 is 0. The van der Waals surface area contributed by atoms with Gasteiger partial charge in [0.2, 0.25) is 0 Å². The van der Waals surface area contributed by atoms with E-state index in [0.717, 1.165) is 12.8 Å². The topological polar surface area (TPSA) is 0 Å². The molecule has 0 aliphatic heterocycles. The fraction of sp³-hybridized carbons (Fsp3) is 0.190. The van der Waals surface area contributed by atoms with Gasteiger partial charge in [0.15, 0.2) is 0 Å². The van der Waals surface area contributed by atoms with E-state index >= 15 is 0 Å². The van der Waals surface area contributed by atoms with Gasteiger partial charge in [-0.25, -0.2) is 0 Å². The largest absolute Gasteiger partial charge is 0.0793 e. The van der Waals surface area contributed by atoms with E-state index in [1.807, 2.05) is 0 Å². The van der Waals surface area contributed by atoms with Crippen molar-refractivity contribution < 1.29 is 0 Å². The molecule has 0 fully saturated rings. The zero-order valence-electron chi connectivity index (χ0n) is 23.5. The monoisotopic (exact) mass is 534 g/mol. The molecule has 0 saturated heterocycles. The van der Waals surface area contributed by atoms with Crippen LogP contribution in [-0.4, -0.2) is 0 Å². The molecule has 8 aliphatic carbocycles. The molecule has 1 atom stereocenters. The molecule has 42 heavy (non-hydrogen) atoms. The fourth-order valence-corrected chi connectivity index (χ4v) is 10.3. The summed E-state index contributed by atoms with van der Waals surface area (Å²) in [6, 6.07) is 42.6. The standard InChI is InChI=1S/C42H30/c1-5-13-29-25(9-1)37-26-10-2-6-14-30(26)39(29)41-33(37)19-17-23-21-24-18-20-34-38-27-11-3-7-15-31(27)40(32-16-8-4-12-28(32)38)42(34)36(24)22-35(23)41/h1-16,19,21-22,37-41H,17-18,20H2. The molecule has 0 saturated carbocycles. The van der Waals surface area contributed by atoms with Gasteiger partial charge >= 0.3 is 0 Å². The van der Waals surface area contributed by atoms with Crippen LogP contribution in [0.4, 0.5) is 0 Å². The van der Waals surface area contributed by atoms with Crippen molar-refractivity contribution in [2.75, 3.05) is 0 Å². The summed E-state index contributed by atoms with van der Waals surface area (Å²) in [6.07, 6.45) is 6.02. The fourth-order valence-electron chi connectivity index (χ4n) is 10.3. The van der Waals surface area contributed by atoms with Crippen LogP contribution in [0, 0.1) is 0 Å². The smallest absolute Gasteiger partial charge is 0.0352 e. The van der Waals surface area contributed by atoms with E-state index in [-0.39, 0.29) is 0 Å². The van der Waals surface area contributed by atoms with Crippen molar-refractivity contribution in [2.45, 2.75) is 48.9 Å². The van der Waals surface area contributed by atoms with Gasteiger partial charge in [0.1, 0.15) is 0 Å². The molecule has 0 spiro atoms. The third-order valence-electron chi connectivity index (χ3n) is 11.7. The zero-order chi connectivity index (χ0) is 27.1. The lowest BCUT2D eigenvalue weighted by atomic mass is 9.53. The van der Waals surface area contributed by atoms with Crippen LogP contribution in [0.1, 0.15) is 103 Å². The first-order chi connectivity index (χ1) is 20.9. The Labute approximate surface area is 247 Å². The van der Waals surface area contributed by atoms with Gasteiger partial charge in [-0.3, -0.25) is 0 Å².